The highest BCUT2D eigenvalue weighted by atomic mass is 35.5. The number of hydrogen-bond acceptors (Lipinski definition) is 10. The Labute approximate surface area is 340 Å². The molecule has 310 valence electrons. The smallest absolute Gasteiger partial charge is 0.310 e. The monoisotopic (exact) mass is 807 g/mol. The van der Waals surface area contributed by atoms with Crippen molar-refractivity contribution in [3.8, 4) is 11.5 Å². The van der Waals surface area contributed by atoms with Gasteiger partial charge < -0.3 is 29.0 Å². The minimum absolute atomic E-state index is 0.0858. The second kappa shape index (κ2) is 15.9. The van der Waals surface area contributed by atoms with Gasteiger partial charge >= 0.3 is 11.9 Å². The summed E-state index contributed by atoms with van der Waals surface area (Å²) in [5.74, 6) is -0.102. The lowest BCUT2D eigenvalue weighted by Gasteiger charge is -2.35. The number of pyridine rings is 1. The van der Waals surface area contributed by atoms with E-state index in [0.717, 1.165) is 51.0 Å². The zero-order chi connectivity index (χ0) is 40.2. The van der Waals surface area contributed by atoms with Crippen molar-refractivity contribution in [2.45, 2.75) is 116 Å². The van der Waals surface area contributed by atoms with Crippen LogP contribution in [0, 0.1) is 34.5 Å². The van der Waals surface area contributed by atoms with Crippen molar-refractivity contribution in [3.63, 3.8) is 0 Å². The number of ether oxygens (including phenoxy) is 4. The number of carbonyl (C=O) groups is 4. The molecule has 0 spiro atoms. The number of fused-ring (bicyclic) bond motifs is 2. The molecule has 1 unspecified atom stereocenters. The van der Waals surface area contributed by atoms with Crippen molar-refractivity contribution in [3.05, 3.63) is 28.9 Å². The number of ketones is 1. The third-order valence-electron chi connectivity index (χ3n) is 13.7. The number of aromatic nitrogens is 1. The van der Waals surface area contributed by atoms with E-state index in [9.17, 15) is 24.3 Å². The summed E-state index contributed by atoms with van der Waals surface area (Å²) in [4.78, 5) is 63.8. The van der Waals surface area contributed by atoms with E-state index in [-0.39, 0.29) is 55.4 Å². The van der Waals surface area contributed by atoms with Crippen molar-refractivity contribution in [2.24, 2.45) is 34.5 Å². The molecule has 4 saturated carbocycles. The molecule has 0 radical (unpaired) electrons. The average Bonchev–Trinajstić information content (AvgIpc) is 4.14. The van der Waals surface area contributed by atoms with Crippen molar-refractivity contribution < 1.29 is 43.2 Å². The maximum atomic E-state index is 14.7. The van der Waals surface area contributed by atoms with Crippen LogP contribution in [0.2, 0.25) is 5.02 Å². The van der Waals surface area contributed by atoms with Crippen molar-refractivity contribution in [1.29, 1.82) is 0 Å². The van der Waals surface area contributed by atoms with Gasteiger partial charge in [-0.2, -0.15) is 0 Å². The Morgan fingerprint density at radius 2 is 1.77 bits per heavy atom. The van der Waals surface area contributed by atoms with Crippen LogP contribution in [-0.4, -0.2) is 108 Å². The number of aliphatic carboxylic acids is 1. The van der Waals surface area contributed by atoms with Crippen LogP contribution in [0.1, 0.15) is 104 Å². The van der Waals surface area contributed by atoms with Crippen LogP contribution in [0.15, 0.2) is 18.2 Å². The van der Waals surface area contributed by atoms with Gasteiger partial charge in [0.2, 0.25) is 5.91 Å². The number of carboxylic acid groups (broad SMARTS) is 1. The molecule has 1 N–H and O–H groups in total. The Morgan fingerprint density at radius 3 is 2.42 bits per heavy atom. The van der Waals surface area contributed by atoms with Crippen LogP contribution in [0.25, 0.3) is 10.9 Å². The van der Waals surface area contributed by atoms with Gasteiger partial charge in [-0.15, -0.1) is 0 Å². The standard InChI is InChI=1S/C44H58ClN3O9/c1-5-28-22-44(28,42(52)53)23-35(49)34-19-30(24-48(34)41(51)32(43(2,3)4)20-38(50)57-29-17-26-16-27(26)18-29)56-37-21-33(25-6-7-25)46-40-31(37)8-9-36(39(40)45)55-15-12-47-10-13-54-14-11-47/h8-9,21,25-30,32,34H,5-7,10-20,22-24H2,1-4H3,(H,52,53)/t26-,27+,28-,29?,30-,32-,34+,44-/m1/s1. The first-order chi connectivity index (χ1) is 27.2. The van der Waals surface area contributed by atoms with Gasteiger partial charge in [0, 0.05) is 55.5 Å². The Kier molecular flexibility index (Phi) is 11.3. The highest BCUT2D eigenvalue weighted by Gasteiger charge is 2.61. The summed E-state index contributed by atoms with van der Waals surface area (Å²) in [5.41, 5.74) is -0.288. The van der Waals surface area contributed by atoms with E-state index < -0.39 is 40.8 Å². The fourth-order valence-corrected chi connectivity index (χ4v) is 10.0. The predicted molar refractivity (Wildman–Crippen MR) is 212 cm³/mol. The van der Waals surface area contributed by atoms with Gasteiger partial charge in [0.1, 0.15) is 35.3 Å². The number of rotatable bonds is 16. The molecule has 57 heavy (non-hydrogen) atoms. The summed E-state index contributed by atoms with van der Waals surface area (Å²) in [7, 11) is 0. The van der Waals surface area contributed by atoms with E-state index in [1.807, 2.05) is 45.9 Å². The number of carboxylic acids is 1. The van der Waals surface area contributed by atoms with E-state index in [0.29, 0.717) is 71.9 Å². The molecule has 3 heterocycles. The molecule has 2 aliphatic heterocycles. The summed E-state index contributed by atoms with van der Waals surface area (Å²) in [6.07, 6.45) is 5.38. The molecule has 1 aromatic heterocycles. The number of benzene rings is 1. The molecule has 13 heteroatoms. The third-order valence-corrected chi connectivity index (χ3v) is 14.1. The van der Waals surface area contributed by atoms with E-state index >= 15 is 0 Å². The molecule has 8 rings (SSSR count). The zero-order valence-corrected chi connectivity index (χ0v) is 34.6. The molecule has 12 nitrogen and oxygen atoms in total. The Morgan fingerprint density at radius 1 is 1.04 bits per heavy atom. The molecular weight excluding hydrogens is 750 g/mol. The molecular formula is C44H58ClN3O9. The van der Waals surface area contributed by atoms with Gasteiger partial charge in [-0.25, -0.2) is 0 Å². The van der Waals surface area contributed by atoms with E-state index in [4.69, 9.17) is 35.5 Å². The minimum Gasteiger partial charge on any atom is -0.491 e. The van der Waals surface area contributed by atoms with Crippen molar-refractivity contribution >= 4 is 46.1 Å². The van der Waals surface area contributed by atoms with Crippen molar-refractivity contribution in [2.75, 3.05) is 46.0 Å². The number of morpholine rings is 1. The maximum Gasteiger partial charge on any atom is 0.310 e. The molecule has 2 aromatic rings. The summed E-state index contributed by atoms with van der Waals surface area (Å²) in [5, 5.41) is 11.3. The van der Waals surface area contributed by atoms with E-state index in [1.165, 1.54) is 6.42 Å². The van der Waals surface area contributed by atoms with Gasteiger partial charge in [-0.3, -0.25) is 29.1 Å². The Balaban J connectivity index is 1.04. The Hall–Kier alpha value is -3.48. The SMILES string of the molecule is CC[C@@H]1C[C@]1(CC(=O)[C@@H]1C[C@@H](Oc2cc(C3CC3)nc3c(Cl)c(OCCN4CCOCC4)ccc23)CN1C(=O)[C@@H](CC(=O)OC1C[C@@H]2C[C@@H]2C1)C(C)(C)C)C(=O)O. The highest BCUT2D eigenvalue weighted by molar-refractivity contribution is 6.36. The van der Waals surface area contributed by atoms with Gasteiger partial charge in [-0.05, 0) is 73.8 Å². The lowest BCUT2D eigenvalue weighted by Crippen LogP contribution is -2.48. The molecule has 1 aromatic carbocycles. The normalized spacial score (nSPS) is 30.2. The second-order valence-electron chi connectivity index (χ2n) is 18.8. The maximum absolute atomic E-state index is 14.7. The molecule has 4 aliphatic carbocycles. The van der Waals surface area contributed by atoms with Gasteiger partial charge in [-0.1, -0.05) is 45.7 Å². The van der Waals surface area contributed by atoms with Crippen LogP contribution in [-0.2, 0) is 28.7 Å². The molecule has 2 saturated heterocycles. The van der Waals surface area contributed by atoms with Crippen LogP contribution in [0.5, 0.6) is 11.5 Å². The number of nitrogens with zero attached hydrogens (tertiary/aromatic N) is 3. The van der Waals surface area contributed by atoms with Crippen molar-refractivity contribution in [1.82, 2.24) is 14.8 Å². The summed E-state index contributed by atoms with van der Waals surface area (Å²) < 4.78 is 24.3. The molecule has 6 fully saturated rings. The predicted octanol–water partition coefficient (Wildman–Crippen LogP) is 6.68. The lowest BCUT2D eigenvalue weighted by molar-refractivity contribution is -0.157. The Bertz CT molecular complexity index is 1880. The third kappa shape index (κ3) is 8.65. The molecule has 6 aliphatic rings. The van der Waals surface area contributed by atoms with Crippen LogP contribution >= 0.6 is 11.6 Å². The number of esters is 1. The first kappa shape index (κ1) is 40.3. The second-order valence-corrected chi connectivity index (χ2v) is 19.1. The summed E-state index contributed by atoms with van der Waals surface area (Å²) in [6, 6.07) is 4.78. The number of Topliss-reactive ketones (excluding diaryl/α,β-unsaturated/α-hetero) is 1. The largest absolute Gasteiger partial charge is 0.491 e. The van der Waals surface area contributed by atoms with Gasteiger partial charge in [0.15, 0.2) is 5.78 Å². The summed E-state index contributed by atoms with van der Waals surface area (Å²) >= 11 is 7.02. The minimum atomic E-state index is -1.12. The first-order valence-corrected chi connectivity index (χ1v) is 21.6. The molecule has 0 bridgehead atoms. The van der Waals surface area contributed by atoms with Crippen LogP contribution in [0.3, 0.4) is 0 Å². The van der Waals surface area contributed by atoms with E-state index in [2.05, 4.69) is 4.90 Å². The number of halogens is 1. The van der Waals surface area contributed by atoms with E-state index in [1.54, 1.807) is 4.90 Å². The topological polar surface area (TPSA) is 145 Å². The number of carbonyl (C=O) groups excluding carboxylic acids is 3. The lowest BCUT2D eigenvalue weighted by atomic mass is 9.77. The summed E-state index contributed by atoms with van der Waals surface area (Å²) in [6.45, 7) is 12.2. The van der Waals surface area contributed by atoms with Crippen LogP contribution < -0.4 is 9.47 Å². The average molecular weight is 808 g/mol. The number of hydrogen-bond donors (Lipinski definition) is 1. The van der Waals surface area contributed by atoms with Gasteiger partial charge in [0.25, 0.3) is 0 Å². The molecule has 1 amide bonds. The fourth-order valence-electron chi connectivity index (χ4n) is 9.76. The fraction of sp³-hybridized carbons (Fsp3) is 0.705. The highest BCUT2D eigenvalue weighted by Crippen LogP contribution is 2.58. The number of amides is 1. The number of likely N-dealkylation sites (tertiary alicyclic amines) is 1. The quantitative estimate of drug-likeness (QED) is 0.182. The van der Waals surface area contributed by atoms with Crippen LogP contribution in [0.4, 0.5) is 0 Å². The van der Waals surface area contributed by atoms with Gasteiger partial charge in [0.05, 0.1) is 49.1 Å². The molecule has 8 atom stereocenters. The first-order valence-electron chi connectivity index (χ1n) is 21.2. The zero-order valence-electron chi connectivity index (χ0n) is 33.8.